The molecule has 2 rings (SSSR count). The van der Waals surface area contributed by atoms with Crippen molar-refractivity contribution >= 4 is 11.6 Å². The number of aliphatic hydroxyl groups excluding tert-OH is 1. The SMILES string of the molecule is Cc1ccc(CC2CC(C)CCC2O)c(Cl)c1. The molecule has 17 heavy (non-hydrogen) atoms. The van der Waals surface area contributed by atoms with Crippen LogP contribution in [0, 0.1) is 18.8 Å². The minimum absolute atomic E-state index is 0.149. The van der Waals surface area contributed by atoms with E-state index in [-0.39, 0.29) is 6.10 Å². The molecule has 1 fully saturated rings. The van der Waals surface area contributed by atoms with Gasteiger partial charge in [0.2, 0.25) is 0 Å². The van der Waals surface area contributed by atoms with Crippen LogP contribution in [-0.2, 0) is 6.42 Å². The van der Waals surface area contributed by atoms with Gasteiger partial charge in [-0.3, -0.25) is 0 Å². The molecule has 0 spiro atoms. The molecule has 1 aromatic rings. The highest BCUT2D eigenvalue weighted by atomic mass is 35.5. The molecule has 0 saturated heterocycles. The second-order valence-corrected chi connectivity index (χ2v) is 5.95. The summed E-state index contributed by atoms with van der Waals surface area (Å²) in [5, 5.41) is 10.9. The Morgan fingerprint density at radius 2 is 2.12 bits per heavy atom. The number of aryl methyl sites for hydroxylation is 1. The lowest BCUT2D eigenvalue weighted by molar-refractivity contribution is 0.0519. The molecule has 1 aliphatic carbocycles. The fourth-order valence-electron chi connectivity index (χ4n) is 2.80. The number of hydrogen-bond acceptors (Lipinski definition) is 1. The summed E-state index contributed by atoms with van der Waals surface area (Å²) in [7, 11) is 0. The first-order valence-electron chi connectivity index (χ1n) is 6.49. The second-order valence-electron chi connectivity index (χ2n) is 5.54. The van der Waals surface area contributed by atoms with Gasteiger partial charge >= 0.3 is 0 Å². The standard InChI is InChI=1S/C15H21ClO/c1-10-4-6-15(17)13(7-10)9-12-5-3-11(2)8-14(12)16/h3,5,8,10,13,15,17H,4,6-7,9H2,1-2H3. The molecule has 3 atom stereocenters. The number of hydrogen-bond donors (Lipinski definition) is 1. The molecule has 94 valence electrons. The molecule has 1 nitrogen and oxygen atoms in total. The summed E-state index contributed by atoms with van der Waals surface area (Å²) in [6.07, 6.45) is 3.97. The molecule has 0 amide bonds. The van der Waals surface area contributed by atoms with Crippen molar-refractivity contribution in [1.29, 1.82) is 0 Å². The fourth-order valence-corrected chi connectivity index (χ4v) is 3.11. The number of aliphatic hydroxyl groups is 1. The average molecular weight is 253 g/mol. The number of benzene rings is 1. The predicted octanol–water partition coefficient (Wildman–Crippen LogP) is 3.99. The zero-order chi connectivity index (χ0) is 12.4. The monoisotopic (exact) mass is 252 g/mol. The third-order valence-electron chi connectivity index (χ3n) is 3.90. The molecule has 0 heterocycles. The molecule has 1 aliphatic rings. The summed E-state index contributed by atoms with van der Waals surface area (Å²) in [5.74, 6) is 1.10. The maximum absolute atomic E-state index is 10.1. The zero-order valence-electron chi connectivity index (χ0n) is 10.6. The Morgan fingerprint density at radius 1 is 1.35 bits per heavy atom. The minimum Gasteiger partial charge on any atom is -0.393 e. The normalized spacial score (nSPS) is 29.3. The lowest BCUT2D eigenvalue weighted by Gasteiger charge is -2.31. The Labute approximate surface area is 109 Å². The van der Waals surface area contributed by atoms with Gasteiger partial charge in [-0.2, -0.15) is 0 Å². The average Bonchev–Trinajstić information content (AvgIpc) is 2.27. The van der Waals surface area contributed by atoms with Crippen LogP contribution < -0.4 is 0 Å². The van der Waals surface area contributed by atoms with Crippen molar-refractivity contribution in [2.45, 2.75) is 45.6 Å². The van der Waals surface area contributed by atoms with Crippen LogP contribution in [0.4, 0.5) is 0 Å². The minimum atomic E-state index is -0.149. The topological polar surface area (TPSA) is 20.2 Å². The van der Waals surface area contributed by atoms with Crippen LogP contribution in [0.1, 0.15) is 37.3 Å². The van der Waals surface area contributed by atoms with E-state index < -0.39 is 0 Å². The molecule has 3 unspecified atom stereocenters. The van der Waals surface area contributed by atoms with E-state index in [2.05, 4.69) is 19.1 Å². The Balaban J connectivity index is 2.08. The summed E-state index contributed by atoms with van der Waals surface area (Å²) in [4.78, 5) is 0. The Bertz CT molecular complexity index is 389. The molecule has 0 radical (unpaired) electrons. The van der Waals surface area contributed by atoms with Crippen LogP contribution in [-0.4, -0.2) is 11.2 Å². The summed E-state index contributed by atoms with van der Waals surface area (Å²) in [6.45, 7) is 4.32. The molecule has 0 bridgehead atoms. The van der Waals surface area contributed by atoms with Crippen molar-refractivity contribution in [2.75, 3.05) is 0 Å². The van der Waals surface area contributed by atoms with E-state index in [1.165, 1.54) is 11.1 Å². The smallest absolute Gasteiger partial charge is 0.0571 e. The fraction of sp³-hybridized carbons (Fsp3) is 0.600. The van der Waals surface area contributed by atoms with Gasteiger partial charge in [-0.25, -0.2) is 0 Å². The van der Waals surface area contributed by atoms with E-state index >= 15 is 0 Å². The van der Waals surface area contributed by atoms with E-state index in [0.29, 0.717) is 5.92 Å². The third kappa shape index (κ3) is 3.23. The van der Waals surface area contributed by atoms with Gasteiger partial charge in [0.05, 0.1) is 6.10 Å². The predicted molar refractivity (Wildman–Crippen MR) is 72.4 cm³/mol. The first-order valence-corrected chi connectivity index (χ1v) is 6.87. The van der Waals surface area contributed by atoms with Crippen LogP contribution in [0.5, 0.6) is 0 Å². The van der Waals surface area contributed by atoms with E-state index in [1.54, 1.807) is 0 Å². The Kier molecular flexibility index (Phi) is 4.11. The first-order chi connectivity index (χ1) is 8.06. The molecule has 1 N–H and O–H groups in total. The van der Waals surface area contributed by atoms with Crippen molar-refractivity contribution in [1.82, 2.24) is 0 Å². The van der Waals surface area contributed by atoms with E-state index in [1.807, 2.05) is 13.0 Å². The van der Waals surface area contributed by atoms with Gasteiger partial charge in [0, 0.05) is 5.02 Å². The quantitative estimate of drug-likeness (QED) is 0.844. The molecular weight excluding hydrogens is 232 g/mol. The second kappa shape index (κ2) is 5.41. The van der Waals surface area contributed by atoms with Crippen molar-refractivity contribution in [2.24, 2.45) is 11.8 Å². The van der Waals surface area contributed by atoms with Gasteiger partial charge in [0.25, 0.3) is 0 Å². The van der Waals surface area contributed by atoms with Gasteiger partial charge in [-0.1, -0.05) is 30.7 Å². The number of rotatable bonds is 2. The van der Waals surface area contributed by atoms with E-state index in [4.69, 9.17) is 11.6 Å². The van der Waals surface area contributed by atoms with Crippen LogP contribution in [0.3, 0.4) is 0 Å². The maximum Gasteiger partial charge on any atom is 0.0571 e. The highest BCUT2D eigenvalue weighted by Gasteiger charge is 2.27. The molecule has 0 aliphatic heterocycles. The summed E-state index contributed by atoms with van der Waals surface area (Å²) >= 11 is 6.25. The Morgan fingerprint density at radius 3 is 2.82 bits per heavy atom. The number of halogens is 1. The van der Waals surface area contributed by atoms with Crippen molar-refractivity contribution in [3.8, 4) is 0 Å². The zero-order valence-corrected chi connectivity index (χ0v) is 11.4. The van der Waals surface area contributed by atoms with Gasteiger partial charge in [-0.15, -0.1) is 0 Å². The highest BCUT2D eigenvalue weighted by Crippen LogP contribution is 2.33. The molecular formula is C15H21ClO. The molecule has 1 aromatic carbocycles. The maximum atomic E-state index is 10.1. The largest absolute Gasteiger partial charge is 0.393 e. The lowest BCUT2D eigenvalue weighted by Crippen LogP contribution is -2.29. The lowest BCUT2D eigenvalue weighted by atomic mass is 9.77. The van der Waals surface area contributed by atoms with Crippen LogP contribution in [0.2, 0.25) is 5.02 Å². The van der Waals surface area contributed by atoms with Gasteiger partial charge in [-0.05, 0) is 61.6 Å². The van der Waals surface area contributed by atoms with Crippen LogP contribution in [0.25, 0.3) is 0 Å². The highest BCUT2D eigenvalue weighted by molar-refractivity contribution is 6.31. The molecule has 0 aromatic heterocycles. The van der Waals surface area contributed by atoms with Crippen molar-refractivity contribution in [3.63, 3.8) is 0 Å². The van der Waals surface area contributed by atoms with E-state index in [9.17, 15) is 5.11 Å². The van der Waals surface area contributed by atoms with Crippen LogP contribution >= 0.6 is 11.6 Å². The Hall–Kier alpha value is -0.530. The van der Waals surface area contributed by atoms with Crippen molar-refractivity contribution < 1.29 is 5.11 Å². The summed E-state index contributed by atoms with van der Waals surface area (Å²) in [6, 6.07) is 6.21. The molecule has 2 heteroatoms. The van der Waals surface area contributed by atoms with Gasteiger partial charge in [0.15, 0.2) is 0 Å². The van der Waals surface area contributed by atoms with Crippen molar-refractivity contribution in [3.05, 3.63) is 34.3 Å². The van der Waals surface area contributed by atoms with Crippen LogP contribution in [0.15, 0.2) is 18.2 Å². The summed E-state index contributed by atoms with van der Waals surface area (Å²) < 4.78 is 0. The summed E-state index contributed by atoms with van der Waals surface area (Å²) in [5.41, 5.74) is 2.37. The van der Waals surface area contributed by atoms with Gasteiger partial charge in [0.1, 0.15) is 0 Å². The van der Waals surface area contributed by atoms with Gasteiger partial charge < -0.3 is 5.11 Å². The first kappa shape index (κ1) is 12.9. The molecule has 1 saturated carbocycles. The third-order valence-corrected chi connectivity index (χ3v) is 4.25. The van der Waals surface area contributed by atoms with E-state index in [0.717, 1.165) is 36.6 Å².